The zero-order chi connectivity index (χ0) is 12.9. The number of carbonyl (C=O) groups excluding carboxylic acids is 1. The van der Waals surface area contributed by atoms with Crippen LogP contribution >= 0.6 is 0 Å². The number of esters is 1. The van der Waals surface area contributed by atoms with Crippen LogP contribution in [0.25, 0.3) is 0 Å². The number of carbonyl (C=O) groups is 1. The second-order valence-corrected chi connectivity index (χ2v) is 5.59. The van der Waals surface area contributed by atoms with E-state index in [0.717, 1.165) is 6.42 Å². The fraction of sp³-hybridized carbons (Fsp3) is 0.533. The van der Waals surface area contributed by atoms with E-state index < -0.39 is 0 Å². The lowest BCUT2D eigenvalue weighted by Crippen LogP contribution is -2.19. The van der Waals surface area contributed by atoms with E-state index >= 15 is 0 Å². The van der Waals surface area contributed by atoms with Gasteiger partial charge in [-0.15, -0.1) is 0 Å². The lowest BCUT2D eigenvalue weighted by Gasteiger charge is -2.26. The first-order chi connectivity index (χ1) is 7.89. The molecule has 1 aromatic carbocycles. The number of hydrogen-bond acceptors (Lipinski definition) is 2. The number of rotatable bonds is 4. The molecular formula is C15H22O2. The topological polar surface area (TPSA) is 26.3 Å². The molecule has 2 heteroatoms. The lowest BCUT2D eigenvalue weighted by atomic mass is 9.79. The summed E-state index contributed by atoms with van der Waals surface area (Å²) >= 11 is 0. The smallest absolute Gasteiger partial charge is 0.311 e. The molecule has 0 saturated carbocycles. The lowest BCUT2D eigenvalue weighted by molar-refractivity contribution is -0.134. The molecular weight excluding hydrogens is 212 g/mol. The van der Waals surface area contributed by atoms with Crippen molar-refractivity contribution in [3.8, 4) is 5.75 Å². The molecule has 0 aliphatic heterocycles. The van der Waals surface area contributed by atoms with Gasteiger partial charge in [-0.05, 0) is 29.9 Å². The molecule has 0 saturated heterocycles. The Morgan fingerprint density at radius 1 is 1.24 bits per heavy atom. The van der Waals surface area contributed by atoms with Crippen LogP contribution in [0.15, 0.2) is 30.3 Å². The van der Waals surface area contributed by atoms with Gasteiger partial charge < -0.3 is 4.74 Å². The van der Waals surface area contributed by atoms with Crippen LogP contribution in [0.3, 0.4) is 0 Å². The zero-order valence-corrected chi connectivity index (χ0v) is 11.2. The van der Waals surface area contributed by atoms with Gasteiger partial charge in [-0.2, -0.15) is 0 Å². The molecule has 94 valence electrons. The quantitative estimate of drug-likeness (QED) is 0.580. The van der Waals surface area contributed by atoms with Crippen molar-refractivity contribution in [2.45, 2.75) is 40.5 Å². The highest BCUT2D eigenvalue weighted by molar-refractivity contribution is 5.72. The minimum atomic E-state index is -0.146. The van der Waals surface area contributed by atoms with E-state index in [0.29, 0.717) is 18.1 Å². The molecule has 0 spiro atoms. The zero-order valence-electron chi connectivity index (χ0n) is 11.2. The van der Waals surface area contributed by atoms with Crippen molar-refractivity contribution < 1.29 is 9.53 Å². The first-order valence-corrected chi connectivity index (χ1v) is 6.15. The Balaban J connectivity index is 2.36. The fourth-order valence-electron chi connectivity index (χ4n) is 1.44. The maximum absolute atomic E-state index is 11.6. The van der Waals surface area contributed by atoms with Crippen molar-refractivity contribution in [1.29, 1.82) is 0 Å². The van der Waals surface area contributed by atoms with Crippen LogP contribution in [0.2, 0.25) is 0 Å². The molecule has 1 rings (SSSR count). The Morgan fingerprint density at radius 3 is 2.35 bits per heavy atom. The molecule has 0 aliphatic rings. The van der Waals surface area contributed by atoms with Gasteiger partial charge in [0.15, 0.2) is 0 Å². The van der Waals surface area contributed by atoms with Gasteiger partial charge in [0.25, 0.3) is 0 Å². The van der Waals surface area contributed by atoms with E-state index in [1.807, 2.05) is 18.2 Å². The normalized spacial score (nSPS) is 13.2. The molecule has 0 heterocycles. The molecule has 0 amide bonds. The SMILES string of the molecule is CC(CCC(=O)Oc1ccccc1)C(C)(C)C. The minimum Gasteiger partial charge on any atom is -0.427 e. The van der Waals surface area contributed by atoms with Crippen LogP contribution in [0.1, 0.15) is 40.5 Å². The summed E-state index contributed by atoms with van der Waals surface area (Å²) in [5.74, 6) is 0.985. The molecule has 0 bridgehead atoms. The molecule has 0 radical (unpaired) electrons. The van der Waals surface area contributed by atoms with Crippen LogP contribution in [-0.4, -0.2) is 5.97 Å². The van der Waals surface area contributed by atoms with Gasteiger partial charge in [-0.25, -0.2) is 0 Å². The molecule has 0 N–H and O–H groups in total. The van der Waals surface area contributed by atoms with Crippen LogP contribution in [0.4, 0.5) is 0 Å². The van der Waals surface area contributed by atoms with Crippen molar-refractivity contribution in [3.63, 3.8) is 0 Å². The summed E-state index contributed by atoms with van der Waals surface area (Å²) in [4.78, 5) is 11.6. The van der Waals surface area contributed by atoms with Gasteiger partial charge in [-0.1, -0.05) is 45.9 Å². The maximum atomic E-state index is 11.6. The predicted octanol–water partition coefficient (Wildman–Crippen LogP) is 4.05. The first-order valence-electron chi connectivity index (χ1n) is 6.15. The molecule has 1 aromatic rings. The third-order valence-corrected chi connectivity index (χ3v) is 3.23. The van der Waals surface area contributed by atoms with Gasteiger partial charge in [0.2, 0.25) is 0 Å². The molecule has 0 aromatic heterocycles. The van der Waals surface area contributed by atoms with Crippen molar-refractivity contribution in [1.82, 2.24) is 0 Å². The Labute approximate surface area is 104 Å². The summed E-state index contributed by atoms with van der Waals surface area (Å²) in [6, 6.07) is 9.22. The van der Waals surface area contributed by atoms with Gasteiger partial charge in [-0.3, -0.25) is 4.79 Å². The van der Waals surface area contributed by atoms with Gasteiger partial charge in [0.05, 0.1) is 0 Å². The monoisotopic (exact) mass is 234 g/mol. The number of ether oxygens (including phenoxy) is 1. The minimum absolute atomic E-state index is 0.146. The fourth-order valence-corrected chi connectivity index (χ4v) is 1.44. The number of hydrogen-bond donors (Lipinski definition) is 0. The summed E-state index contributed by atoms with van der Waals surface area (Å²) in [6.45, 7) is 8.76. The van der Waals surface area contributed by atoms with Crippen molar-refractivity contribution >= 4 is 5.97 Å². The molecule has 1 atom stereocenters. The van der Waals surface area contributed by atoms with Crippen molar-refractivity contribution in [2.75, 3.05) is 0 Å². The van der Waals surface area contributed by atoms with Crippen molar-refractivity contribution in [2.24, 2.45) is 11.3 Å². The van der Waals surface area contributed by atoms with E-state index in [1.54, 1.807) is 12.1 Å². The van der Waals surface area contributed by atoms with E-state index in [2.05, 4.69) is 27.7 Å². The van der Waals surface area contributed by atoms with E-state index in [-0.39, 0.29) is 11.4 Å². The highest BCUT2D eigenvalue weighted by Gasteiger charge is 2.20. The van der Waals surface area contributed by atoms with Gasteiger partial charge in [0, 0.05) is 6.42 Å². The van der Waals surface area contributed by atoms with Crippen LogP contribution in [-0.2, 0) is 4.79 Å². The van der Waals surface area contributed by atoms with Gasteiger partial charge in [0.1, 0.15) is 5.75 Å². The molecule has 0 aliphatic carbocycles. The van der Waals surface area contributed by atoms with Crippen molar-refractivity contribution in [3.05, 3.63) is 30.3 Å². The Morgan fingerprint density at radius 2 is 1.82 bits per heavy atom. The molecule has 0 fully saturated rings. The second kappa shape index (κ2) is 5.85. The summed E-state index contributed by atoms with van der Waals surface area (Å²) in [5.41, 5.74) is 0.243. The largest absolute Gasteiger partial charge is 0.427 e. The van der Waals surface area contributed by atoms with E-state index in [9.17, 15) is 4.79 Å². The van der Waals surface area contributed by atoms with Crippen LogP contribution < -0.4 is 4.74 Å². The summed E-state index contributed by atoms with van der Waals surface area (Å²) < 4.78 is 5.24. The Bertz CT molecular complexity index is 349. The van der Waals surface area contributed by atoms with E-state index in [1.165, 1.54) is 0 Å². The average molecular weight is 234 g/mol. The number of benzene rings is 1. The third-order valence-electron chi connectivity index (χ3n) is 3.23. The summed E-state index contributed by atoms with van der Waals surface area (Å²) in [5, 5.41) is 0. The summed E-state index contributed by atoms with van der Waals surface area (Å²) in [7, 11) is 0. The highest BCUT2D eigenvalue weighted by atomic mass is 16.5. The number of para-hydroxylation sites is 1. The average Bonchev–Trinajstić information content (AvgIpc) is 2.26. The molecule has 2 nitrogen and oxygen atoms in total. The molecule has 17 heavy (non-hydrogen) atoms. The Kier molecular flexibility index (Phi) is 4.73. The second-order valence-electron chi connectivity index (χ2n) is 5.59. The van der Waals surface area contributed by atoms with E-state index in [4.69, 9.17) is 4.74 Å². The van der Waals surface area contributed by atoms with Crippen LogP contribution in [0, 0.1) is 11.3 Å². The maximum Gasteiger partial charge on any atom is 0.311 e. The molecule has 1 unspecified atom stereocenters. The Hall–Kier alpha value is -1.31. The highest BCUT2D eigenvalue weighted by Crippen LogP contribution is 2.29. The summed E-state index contributed by atoms with van der Waals surface area (Å²) in [6.07, 6.45) is 1.35. The van der Waals surface area contributed by atoms with Crippen LogP contribution in [0.5, 0.6) is 5.75 Å². The first kappa shape index (κ1) is 13.8. The standard InChI is InChI=1S/C15H22O2/c1-12(15(2,3)4)10-11-14(16)17-13-8-6-5-7-9-13/h5-9,12H,10-11H2,1-4H3. The third kappa shape index (κ3) is 5.03. The predicted molar refractivity (Wildman–Crippen MR) is 69.9 cm³/mol. The van der Waals surface area contributed by atoms with Gasteiger partial charge >= 0.3 is 5.97 Å².